The molecule has 96 valence electrons. The SMILES string of the molecule is CCOCCCNc1c(N)n(C)c(=O)[nH]c1=O. The maximum atomic E-state index is 11.5. The van der Waals surface area contributed by atoms with Gasteiger partial charge < -0.3 is 15.8 Å². The predicted octanol–water partition coefficient (Wildman–Crippen LogP) is -0.506. The Kier molecular flexibility index (Phi) is 4.77. The second-order valence-corrected chi connectivity index (χ2v) is 3.56. The first-order valence-corrected chi connectivity index (χ1v) is 5.48. The van der Waals surface area contributed by atoms with Crippen LogP contribution in [0.5, 0.6) is 0 Å². The van der Waals surface area contributed by atoms with Gasteiger partial charge in [-0.1, -0.05) is 0 Å². The van der Waals surface area contributed by atoms with Gasteiger partial charge in [0.15, 0.2) is 0 Å². The van der Waals surface area contributed by atoms with E-state index in [2.05, 4.69) is 10.3 Å². The van der Waals surface area contributed by atoms with Gasteiger partial charge in [-0.25, -0.2) is 4.79 Å². The Balaban J connectivity index is 2.69. The highest BCUT2D eigenvalue weighted by Crippen LogP contribution is 2.07. The molecule has 0 aliphatic rings. The molecule has 17 heavy (non-hydrogen) atoms. The molecule has 7 heteroatoms. The molecular weight excluding hydrogens is 224 g/mol. The van der Waals surface area contributed by atoms with Gasteiger partial charge in [0.1, 0.15) is 11.5 Å². The Morgan fingerprint density at radius 2 is 2.18 bits per heavy atom. The van der Waals surface area contributed by atoms with Gasteiger partial charge >= 0.3 is 5.69 Å². The molecule has 0 aliphatic heterocycles. The van der Waals surface area contributed by atoms with Crippen LogP contribution in [-0.4, -0.2) is 29.3 Å². The van der Waals surface area contributed by atoms with Gasteiger partial charge in [0, 0.05) is 26.8 Å². The average molecular weight is 242 g/mol. The molecule has 0 fully saturated rings. The molecule has 0 saturated heterocycles. The van der Waals surface area contributed by atoms with Crippen molar-refractivity contribution < 1.29 is 4.74 Å². The van der Waals surface area contributed by atoms with Crippen LogP contribution in [0, 0.1) is 0 Å². The molecule has 0 aromatic carbocycles. The molecule has 0 unspecified atom stereocenters. The molecule has 0 aliphatic carbocycles. The van der Waals surface area contributed by atoms with Crippen molar-refractivity contribution >= 4 is 11.5 Å². The Hall–Kier alpha value is -1.76. The fourth-order valence-corrected chi connectivity index (χ4v) is 1.34. The lowest BCUT2D eigenvalue weighted by molar-refractivity contribution is 0.147. The van der Waals surface area contributed by atoms with Crippen LogP contribution in [0.2, 0.25) is 0 Å². The van der Waals surface area contributed by atoms with Gasteiger partial charge in [-0.05, 0) is 13.3 Å². The maximum absolute atomic E-state index is 11.5. The van der Waals surface area contributed by atoms with Crippen molar-refractivity contribution in [3.05, 3.63) is 20.8 Å². The highest BCUT2D eigenvalue weighted by atomic mass is 16.5. The van der Waals surface area contributed by atoms with E-state index in [1.165, 1.54) is 11.6 Å². The minimum atomic E-state index is -0.521. The number of rotatable bonds is 6. The number of nitrogens with zero attached hydrogens (tertiary/aromatic N) is 1. The number of ether oxygens (including phenoxy) is 1. The molecule has 7 nitrogen and oxygen atoms in total. The number of hydrogen-bond donors (Lipinski definition) is 3. The van der Waals surface area contributed by atoms with Crippen LogP contribution in [-0.2, 0) is 11.8 Å². The first-order valence-electron chi connectivity index (χ1n) is 5.48. The summed E-state index contributed by atoms with van der Waals surface area (Å²) < 4.78 is 6.35. The Labute approximate surface area is 98.6 Å². The summed E-state index contributed by atoms with van der Waals surface area (Å²) in [6.45, 7) is 3.77. The number of aromatic amines is 1. The van der Waals surface area contributed by atoms with Crippen molar-refractivity contribution in [2.24, 2.45) is 7.05 Å². The van der Waals surface area contributed by atoms with Crippen molar-refractivity contribution in [1.82, 2.24) is 9.55 Å². The van der Waals surface area contributed by atoms with Crippen LogP contribution < -0.4 is 22.3 Å². The van der Waals surface area contributed by atoms with Gasteiger partial charge in [-0.15, -0.1) is 0 Å². The minimum absolute atomic E-state index is 0.134. The number of nitrogens with one attached hydrogen (secondary N) is 2. The summed E-state index contributed by atoms with van der Waals surface area (Å²) in [7, 11) is 1.50. The van der Waals surface area contributed by atoms with E-state index in [1.54, 1.807) is 0 Å². The van der Waals surface area contributed by atoms with E-state index >= 15 is 0 Å². The van der Waals surface area contributed by atoms with E-state index in [-0.39, 0.29) is 11.5 Å². The van der Waals surface area contributed by atoms with Crippen molar-refractivity contribution in [3.8, 4) is 0 Å². The summed E-state index contributed by atoms with van der Waals surface area (Å²) in [4.78, 5) is 24.9. The van der Waals surface area contributed by atoms with E-state index in [9.17, 15) is 9.59 Å². The minimum Gasteiger partial charge on any atom is -0.383 e. The average Bonchev–Trinajstić information content (AvgIpc) is 2.30. The lowest BCUT2D eigenvalue weighted by Gasteiger charge is -2.10. The zero-order valence-corrected chi connectivity index (χ0v) is 10.1. The van der Waals surface area contributed by atoms with Crippen LogP contribution in [0.4, 0.5) is 11.5 Å². The molecular formula is C10H18N4O3. The summed E-state index contributed by atoms with van der Waals surface area (Å²) in [5.41, 5.74) is 4.88. The van der Waals surface area contributed by atoms with Crippen molar-refractivity contribution in [2.75, 3.05) is 30.8 Å². The van der Waals surface area contributed by atoms with Crippen molar-refractivity contribution in [1.29, 1.82) is 0 Å². The van der Waals surface area contributed by atoms with Crippen LogP contribution in [0.3, 0.4) is 0 Å². The fourth-order valence-electron chi connectivity index (χ4n) is 1.34. The van der Waals surface area contributed by atoms with E-state index < -0.39 is 11.2 Å². The van der Waals surface area contributed by atoms with Gasteiger partial charge in [-0.3, -0.25) is 14.3 Å². The molecule has 4 N–H and O–H groups in total. The first kappa shape index (κ1) is 13.3. The van der Waals surface area contributed by atoms with Gasteiger partial charge in [0.25, 0.3) is 5.56 Å². The standard InChI is InChI=1S/C10H18N4O3/c1-3-17-6-4-5-12-7-8(11)14(2)10(16)13-9(7)15/h12H,3-6,11H2,1-2H3,(H,13,15,16). The number of nitrogens with two attached hydrogens (primary N) is 1. The number of anilines is 2. The molecule has 1 rings (SSSR count). The second-order valence-electron chi connectivity index (χ2n) is 3.56. The third kappa shape index (κ3) is 3.35. The van der Waals surface area contributed by atoms with Crippen LogP contribution >= 0.6 is 0 Å². The van der Waals surface area contributed by atoms with Crippen LogP contribution in [0.1, 0.15) is 13.3 Å². The van der Waals surface area contributed by atoms with Crippen LogP contribution in [0.25, 0.3) is 0 Å². The number of aromatic nitrogens is 2. The first-order chi connectivity index (χ1) is 8.07. The summed E-state index contributed by atoms with van der Waals surface area (Å²) in [6, 6.07) is 0. The van der Waals surface area contributed by atoms with Gasteiger partial charge in [0.05, 0.1) is 0 Å². The lowest BCUT2D eigenvalue weighted by Crippen LogP contribution is -2.32. The molecule has 0 saturated carbocycles. The zero-order valence-electron chi connectivity index (χ0n) is 10.1. The molecule has 0 bridgehead atoms. The Morgan fingerprint density at radius 3 is 2.82 bits per heavy atom. The van der Waals surface area contributed by atoms with E-state index in [4.69, 9.17) is 10.5 Å². The number of nitrogen functional groups attached to an aromatic ring is 1. The van der Waals surface area contributed by atoms with Gasteiger partial charge in [-0.2, -0.15) is 0 Å². The molecule has 1 aromatic rings. The highest BCUT2D eigenvalue weighted by Gasteiger charge is 2.08. The lowest BCUT2D eigenvalue weighted by atomic mass is 10.4. The third-order valence-electron chi connectivity index (χ3n) is 2.34. The van der Waals surface area contributed by atoms with Crippen molar-refractivity contribution in [3.63, 3.8) is 0 Å². The zero-order chi connectivity index (χ0) is 12.8. The predicted molar refractivity (Wildman–Crippen MR) is 66.3 cm³/mol. The van der Waals surface area contributed by atoms with Crippen molar-refractivity contribution in [2.45, 2.75) is 13.3 Å². The number of H-pyrrole nitrogens is 1. The third-order valence-corrected chi connectivity index (χ3v) is 2.34. The van der Waals surface area contributed by atoms with Gasteiger partial charge in [0.2, 0.25) is 0 Å². The summed E-state index contributed by atoms with van der Waals surface area (Å²) in [6.07, 6.45) is 0.759. The fraction of sp³-hybridized carbons (Fsp3) is 0.600. The Morgan fingerprint density at radius 1 is 1.47 bits per heavy atom. The second kappa shape index (κ2) is 6.09. The maximum Gasteiger partial charge on any atom is 0.329 e. The van der Waals surface area contributed by atoms with E-state index in [0.29, 0.717) is 19.8 Å². The van der Waals surface area contributed by atoms with E-state index in [1.807, 2.05) is 6.92 Å². The number of hydrogen-bond acceptors (Lipinski definition) is 5. The molecule has 0 atom stereocenters. The Bertz CT molecular complexity index is 477. The topological polar surface area (TPSA) is 102 Å². The van der Waals surface area contributed by atoms with Crippen LogP contribution in [0.15, 0.2) is 9.59 Å². The normalized spacial score (nSPS) is 10.5. The molecule has 1 aromatic heterocycles. The largest absolute Gasteiger partial charge is 0.383 e. The summed E-state index contributed by atoms with van der Waals surface area (Å²) in [5.74, 6) is 0.134. The quantitative estimate of drug-likeness (QED) is 0.583. The molecule has 0 radical (unpaired) electrons. The molecule has 0 spiro atoms. The highest BCUT2D eigenvalue weighted by molar-refractivity contribution is 5.60. The molecule has 0 amide bonds. The monoisotopic (exact) mass is 242 g/mol. The van der Waals surface area contributed by atoms with E-state index in [0.717, 1.165) is 6.42 Å². The smallest absolute Gasteiger partial charge is 0.329 e. The summed E-state index contributed by atoms with van der Waals surface area (Å²) in [5, 5.41) is 2.90. The summed E-state index contributed by atoms with van der Waals surface area (Å²) >= 11 is 0. The molecule has 1 heterocycles.